The second kappa shape index (κ2) is 10.4. The van der Waals surface area contributed by atoms with Crippen LogP contribution in [0, 0.1) is 0 Å². The highest BCUT2D eigenvalue weighted by Gasteiger charge is 2.14. The average Bonchev–Trinajstić information content (AvgIpc) is 3.52. The number of anilines is 1. The van der Waals surface area contributed by atoms with E-state index in [0.717, 1.165) is 22.2 Å². The molecule has 176 valence electrons. The van der Waals surface area contributed by atoms with Crippen LogP contribution in [0.5, 0.6) is 17.2 Å². The van der Waals surface area contributed by atoms with Crippen molar-refractivity contribution in [3.63, 3.8) is 0 Å². The standard InChI is InChI=1S/C26H22N4O4S/c1-2-32-18-11-13-20(14-12-18)33-19-9-7-17(8-10-19)28-24(31)16-35-26-30-29-25(34-26)22-15-27-23-6-4-3-5-21(22)23/h3-15,27H,2,16H2,1H3,(H,28,31). The maximum absolute atomic E-state index is 12.4. The van der Waals surface area contributed by atoms with Crippen LogP contribution < -0.4 is 14.8 Å². The highest BCUT2D eigenvalue weighted by atomic mass is 32.2. The fourth-order valence-electron chi connectivity index (χ4n) is 3.46. The summed E-state index contributed by atoms with van der Waals surface area (Å²) in [7, 11) is 0. The largest absolute Gasteiger partial charge is 0.494 e. The van der Waals surface area contributed by atoms with E-state index >= 15 is 0 Å². The van der Waals surface area contributed by atoms with Crippen molar-refractivity contribution in [2.75, 3.05) is 17.7 Å². The first-order chi connectivity index (χ1) is 17.2. The molecule has 35 heavy (non-hydrogen) atoms. The van der Waals surface area contributed by atoms with Gasteiger partial charge in [-0.1, -0.05) is 30.0 Å². The first kappa shape index (κ1) is 22.5. The van der Waals surface area contributed by atoms with Crippen LogP contribution >= 0.6 is 11.8 Å². The van der Waals surface area contributed by atoms with Crippen LogP contribution in [0.2, 0.25) is 0 Å². The first-order valence-corrected chi connectivity index (χ1v) is 12.0. The van der Waals surface area contributed by atoms with E-state index in [2.05, 4.69) is 20.5 Å². The number of fused-ring (bicyclic) bond motifs is 1. The van der Waals surface area contributed by atoms with E-state index in [1.807, 2.05) is 61.7 Å². The lowest BCUT2D eigenvalue weighted by molar-refractivity contribution is -0.113. The summed E-state index contributed by atoms with van der Waals surface area (Å²) in [5.74, 6) is 2.53. The van der Waals surface area contributed by atoms with Crippen molar-refractivity contribution in [3.8, 4) is 28.7 Å². The molecule has 2 aromatic heterocycles. The Morgan fingerprint density at radius 2 is 1.69 bits per heavy atom. The van der Waals surface area contributed by atoms with Crippen LogP contribution in [0.15, 0.2) is 88.6 Å². The number of ether oxygens (including phenoxy) is 2. The Morgan fingerprint density at radius 3 is 2.46 bits per heavy atom. The maximum Gasteiger partial charge on any atom is 0.277 e. The van der Waals surface area contributed by atoms with Crippen LogP contribution in [0.4, 0.5) is 5.69 Å². The zero-order valence-electron chi connectivity index (χ0n) is 18.9. The number of aromatic nitrogens is 3. The van der Waals surface area contributed by atoms with Gasteiger partial charge in [-0.05, 0) is 61.5 Å². The summed E-state index contributed by atoms with van der Waals surface area (Å²) in [6.45, 7) is 2.56. The highest BCUT2D eigenvalue weighted by Crippen LogP contribution is 2.30. The van der Waals surface area contributed by atoms with E-state index in [0.29, 0.717) is 34.9 Å². The molecule has 0 unspecified atom stereocenters. The third kappa shape index (κ3) is 5.47. The van der Waals surface area contributed by atoms with Gasteiger partial charge < -0.3 is 24.2 Å². The molecule has 0 saturated heterocycles. The van der Waals surface area contributed by atoms with Crippen LogP contribution in [-0.4, -0.2) is 33.4 Å². The van der Waals surface area contributed by atoms with Gasteiger partial charge in [0.05, 0.1) is 17.9 Å². The van der Waals surface area contributed by atoms with Crippen LogP contribution in [0.25, 0.3) is 22.4 Å². The molecule has 9 heteroatoms. The van der Waals surface area contributed by atoms with Crippen molar-refractivity contribution < 1.29 is 18.7 Å². The Labute approximate surface area is 205 Å². The highest BCUT2D eigenvalue weighted by molar-refractivity contribution is 7.99. The van der Waals surface area contributed by atoms with Crippen LogP contribution in [-0.2, 0) is 4.79 Å². The van der Waals surface area contributed by atoms with E-state index in [1.54, 1.807) is 24.3 Å². The van der Waals surface area contributed by atoms with Gasteiger partial charge in [-0.3, -0.25) is 4.79 Å². The quantitative estimate of drug-likeness (QED) is 0.241. The lowest BCUT2D eigenvalue weighted by atomic mass is 10.2. The Bertz CT molecular complexity index is 1430. The van der Waals surface area contributed by atoms with E-state index in [-0.39, 0.29) is 11.7 Å². The Hall–Kier alpha value is -4.24. The van der Waals surface area contributed by atoms with E-state index < -0.39 is 0 Å². The van der Waals surface area contributed by atoms with E-state index in [1.165, 1.54) is 11.8 Å². The summed E-state index contributed by atoms with van der Waals surface area (Å²) >= 11 is 1.18. The Balaban J connectivity index is 1.13. The van der Waals surface area contributed by atoms with Crippen molar-refractivity contribution in [1.82, 2.24) is 15.2 Å². The number of para-hydroxylation sites is 1. The number of thioether (sulfide) groups is 1. The number of nitrogens with one attached hydrogen (secondary N) is 2. The minimum absolute atomic E-state index is 0.139. The van der Waals surface area contributed by atoms with E-state index in [4.69, 9.17) is 13.9 Å². The third-order valence-electron chi connectivity index (χ3n) is 5.06. The molecule has 0 spiro atoms. The molecule has 0 aliphatic carbocycles. The van der Waals surface area contributed by atoms with Gasteiger partial charge in [0.25, 0.3) is 11.1 Å². The lowest BCUT2D eigenvalue weighted by Crippen LogP contribution is -2.13. The molecule has 1 amide bonds. The monoisotopic (exact) mass is 486 g/mol. The minimum atomic E-state index is -0.179. The molecule has 0 radical (unpaired) electrons. The first-order valence-electron chi connectivity index (χ1n) is 11.0. The molecule has 2 heterocycles. The zero-order valence-corrected chi connectivity index (χ0v) is 19.7. The smallest absolute Gasteiger partial charge is 0.277 e. The summed E-state index contributed by atoms with van der Waals surface area (Å²) in [4.78, 5) is 15.6. The molecule has 0 aliphatic heterocycles. The van der Waals surface area contributed by atoms with Crippen molar-refractivity contribution in [1.29, 1.82) is 0 Å². The normalized spacial score (nSPS) is 10.9. The van der Waals surface area contributed by atoms with E-state index in [9.17, 15) is 4.79 Å². The fraction of sp³-hybridized carbons (Fsp3) is 0.115. The average molecular weight is 487 g/mol. The molecule has 5 aromatic rings. The second-order valence-electron chi connectivity index (χ2n) is 7.49. The molecule has 8 nitrogen and oxygen atoms in total. The molecule has 0 aliphatic rings. The van der Waals surface area contributed by atoms with Gasteiger partial charge in [0.1, 0.15) is 17.2 Å². The van der Waals surface area contributed by atoms with Gasteiger partial charge in [-0.15, -0.1) is 10.2 Å². The van der Waals surface area contributed by atoms with Crippen LogP contribution in [0.3, 0.4) is 0 Å². The molecule has 0 saturated carbocycles. The molecule has 0 bridgehead atoms. The third-order valence-corrected chi connectivity index (χ3v) is 5.88. The number of hydrogen-bond donors (Lipinski definition) is 2. The molecule has 0 fully saturated rings. The second-order valence-corrected chi connectivity index (χ2v) is 8.42. The summed E-state index contributed by atoms with van der Waals surface area (Å²) in [5, 5.41) is 12.4. The minimum Gasteiger partial charge on any atom is -0.494 e. The molecule has 5 rings (SSSR count). The summed E-state index contributed by atoms with van der Waals surface area (Å²) in [6.07, 6.45) is 1.84. The van der Waals surface area contributed by atoms with Crippen molar-refractivity contribution in [3.05, 3.63) is 79.0 Å². The zero-order chi connectivity index (χ0) is 24.0. The van der Waals surface area contributed by atoms with Crippen molar-refractivity contribution in [2.24, 2.45) is 0 Å². The Morgan fingerprint density at radius 1 is 0.971 bits per heavy atom. The van der Waals surface area contributed by atoms with Crippen LogP contribution in [0.1, 0.15) is 6.92 Å². The van der Waals surface area contributed by atoms with Gasteiger partial charge in [0.2, 0.25) is 5.91 Å². The van der Waals surface area contributed by atoms with Crippen molar-refractivity contribution in [2.45, 2.75) is 12.1 Å². The predicted molar refractivity (Wildman–Crippen MR) is 135 cm³/mol. The van der Waals surface area contributed by atoms with Gasteiger partial charge in [-0.25, -0.2) is 0 Å². The fourth-order valence-corrected chi connectivity index (χ4v) is 4.03. The van der Waals surface area contributed by atoms with Gasteiger partial charge in [0, 0.05) is 22.8 Å². The number of hydrogen-bond acceptors (Lipinski definition) is 7. The maximum atomic E-state index is 12.4. The Kier molecular flexibility index (Phi) is 6.67. The number of aromatic amines is 1. The molecule has 3 aromatic carbocycles. The number of benzene rings is 3. The number of carbonyl (C=O) groups is 1. The topological polar surface area (TPSA) is 102 Å². The molecule has 0 atom stereocenters. The summed E-state index contributed by atoms with van der Waals surface area (Å²) in [6, 6.07) is 22.5. The predicted octanol–water partition coefficient (Wildman–Crippen LogP) is 6.14. The van der Waals surface area contributed by atoms with Crippen molar-refractivity contribution >= 4 is 34.3 Å². The number of carbonyl (C=O) groups excluding carboxylic acids is 1. The molecular formula is C26H22N4O4S. The number of amides is 1. The van der Waals surface area contributed by atoms with Gasteiger partial charge in [0.15, 0.2) is 0 Å². The SMILES string of the molecule is CCOc1ccc(Oc2ccc(NC(=O)CSc3nnc(-c4c[nH]c5ccccc45)o3)cc2)cc1. The number of H-pyrrole nitrogens is 1. The summed E-state index contributed by atoms with van der Waals surface area (Å²) in [5.41, 5.74) is 2.49. The summed E-state index contributed by atoms with van der Waals surface area (Å²) < 4.78 is 17.0. The number of rotatable bonds is 9. The number of nitrogens with zero attached hydrogens (tertiary/aromatic N) is 2. The lowest BCUT2D eigenvalue weighted by Gasteiger charge is -2.09. The van der Waals surface area contributed by atoms with Gasteiger partial charge in [-0.2, -0.15) is 0 Å². The molecular weight excluding hydrogens is 464 g/mol. The van der Waals surface area contributed by atoms with Gasteiger partial charge >= 0.3 is 0 Å². The molecule has 2 N–H and O–H groups in total.